The molecule has 5 nitrogen and oxygen atoms in total. The first kappa shape index (κ1) is 13.4. The molecule has 2 unspecified atom stereocenters. The number of hydrogen-bond acceptors (Lipinski definition) is 4. The van der Waals surface area contributed by atoms with Gasteiger partial charge in [-0.1, -0.05) is 12.8 Å². The van der Waals surface area contributed by atoms with E-state index in [1.165, 1.54) is 25.7 Å². The average Bonchev–Trinajstić information content (AvgIpc) is 2.53. The number of nitrogens with zero attached hydrogens (tertiary/aromatic N) is 2. The minimum Gasteiger partial charge on any atom is -0.335 e. The SMILES string of the molecule is NNc1cnccc1C(=O)N1CCCC2CCCCC21. The van der Waals surface area contributed by atoms with E-state index in [1.54, 1.807) is 18.5 Å². The van der Waals surface area contributed by atoms with Gasteiger partial charge in [0.25, 0.3) is 5.91 Å². The van der Waals surface area contributed by atoms with Crippen LogP contribution in [0, 0.1) is 5.92 Å². The van der Waals surface area contributed by atoms with E-state index in [0.717, 1.165) is 19.4 Å². The summed E-state index contributed by atoms with van der Waals surface area (Å²) in [6, 6.07) is 2.17. The van der Waals surface area contributed by atoms with Crippen LogP contribution in [0.2, 0.25) is 0 Å². The number of hydrogen-bond donors (Lipinski definition) is 2. The number of hydrazine groups is 1. The summed E-state index contributed by atoms with van der Waals surface area (Å²) in [5, 5.41) is 0. The molecular weight excluding hydrogens is 252 g/mol. The number of carbonyl (C=O) groups is 1. The van der Waals surface area contributed by atoms with Crippen molar-refractivity contribution in [2.45, 2.75) is 44.6 Å². The third-order valence-corrected chi connectivity index (χ3v) is 4.71. The highest BCUT2D eigenvalue weighted by atomic mass is 16.2. The Balaban J connectivity index is 1.85. The molecular formula is C15H22N4O. The second kappa shape index (κ2) is 5.79. The van der Waals surface area contributed by atoms with Crippen LogP contribution >= 0.6 is 0 Å². The van der Waals surface area contributed by atoms with Gasteiger partial charge in [-0.2, -0.15) is 0 Å². The molecule has 5 heteroatoms. The zero-order valence-corrected chi connectivity index (χ0v) is 11.7. The van der Waals surface area contributed by atoms with Crippen molar-refractivity contribution in [3.8, 4) is 0 Å². The molecule has 2 heterocycles. The molecule has 2 atom stereocenters. The summed E-state index contributed by atoms with van der Waals surface area (Å²) >= 11 is 0. The van der Waals surface area contributed by atoms with Gasteiger partial charge in [-0.15, -0.1) is 0 Å². The van der Waals surface area contributed by atoms with Crippen LogP contribution in [0.1, 0.15) is 48.9 Å². The maximum absolute atomic E-state index is 12.8. The Hall–Kier alpha value is -1.62. The molecule has 1 aliphatic carbocycles. The number of nitrogens with one attached hydrogen (secondary N) is 1. The summed E-state index contributed by atoms with van der Waals surface area (Å²) in [5.74, 6) is 6.28. The number of fused-ring (bicyclic) bond motifs is 1. The third kappa shape index (κ3) is 2.38. The molecule has 0 aromatic carbocycles. The quantitative estimate of drug-likeness (QED) is 0.640. The molecule has 1 aromatic heterocycles. The number of piperidine rings is 1. The number of rotatable bonds is 2. The minimum atomic E-state index is 0.0944. The summed E-state index contributed by atoms with van der Waals surface area (Å²) in [6.45, 7) is 0.867. The molecule has 2 aliphatic rings. The molecule has 0 spiro atoms. The van der Waals surface area contributed by atoms with Crippen molar-refractivity contribution in [2.24, 2.45) is 11.8 Å². The summed E-state index contributed by atoms with van der Waals surface area (Å²) < 4.78 is 0. The van der Waals surface area contributed by atoms with Crippen LogP contribution in [-0.4, -0.2) is 28.4 Å². The number of anilines is 1. The number of nitrogen functional groups attached to an aromatic ring is 1. The van der Waals surface area contributed by atoms with Crippen LogP contribution in [0.3, 0.4) is 0 Å². The molecule has 1 saturated heterocycles. The van der Waals surface area contributed by atoms with Gasteiger partial charge in [0.15, 0.2) is 0 Å². The highest BCUT2D eigenvalue weighted by Crippen LogP contribution is 2.36. The van der Waals surface area contributed by atoms with E-state index in [9.17, 15) is 4.79 Å². The van der Waals surface area contributed by atoms with Gasteiger partial charge in [-0.25, -0.2) is 0 Å². The van der Waals surface area contributed by atoms with Gasteiger partial charge in [0.05, 0.1) is 17.4 Å². The molecule has 20 heavy (non-hydrogen) atoms. The van der Waals surface area contributed by atoms with E-state index in [1.807, 2.05) is 0 Å². The summed E-state index contributed by atoms with van der Waals surface area (Å²) in [7, 11) is 0. The monoisotopic (exact) mass is 274 g/mol. The highest BCUT2D eigenvalue weighted by Gasteiger charge is 2.36. The Bertz CT molecular complexity index is 489. The lowest BCUT2D eigenvalue weighted by Gasteiger charge is -2.44. The fraction of sp³-hybridized carbons (Fsp3) is 0.600. The number of carbonyl (C=O) groups excluding carboxylic acids is 1. The van der Waals surface area contributed by atoms with Crippen molar-refractivity contribution >= 4 is 11.6 Å². The van der Waals surface area contributed by atoms with E-state index in [4.69, 9.17) is 5.84 Å². The highest BCUT2D eigenvalue weighted by molar-refractivity contribution is 5.99. The lowest BCUT2D eigenvalue weighted by atomic mass is 9.78. The molecule has 0 bridgehead atoms. The summed E-state index contributed by atoms with van der Waals surface area (Å²) in [6.07, 6.45) is 10.6. The predicted molar refractivity (Wildman–Crippen MR) is 78.1 cm³/mol. The van der Waals surface area contributed by atoms with E-state index < -0.39 is 0 Å². The number of aromatic nitrogens is 1. The molecule has 108 valence electrons. The molecule has 0 radical (unpaired) electrons. The molecule has 1 aliphatic heterocycles. The standard InChI is InChI=1S/C15H22N4O/c16-18-13-10-17-8-7-12(13)15(20)19-9-3-5-11-4-1-2-6-14(11)19/h7-8,10-11,14,18H,1-6,9,16H2. The van der Waals surface area contributed by atoms with Gasteiger partial charge < -0.3 is 10.3 Å². The zero-order valence-electron chi connectivity index (χ0n) is 11.7. The largest absolute Gasteiger partial charge is 0.335 e. The molecule has 1 aromatic rings. The van der Waals surface area contributed by atoms with Crippen molar-refractivity contribution < 1.29 is 4.79 Å². The minimum absolute atomic E-state index is 0.0944. The van der Waals surface area contributed by atoms with Crippen molar-refractivity contribution in [3.05, 3.63) is 24.0 Å². The number of amides is 1. The number of nitrogens with two attached hydrogens (primary N) is 1. The van der Waals surface area contributed by atoms with Crippen molar-refractivity contribution in [2.75, 3.05) is 12.0 Å². The van der Waals surface area contributed by atoms with Gasteiger partial charge in [-0.3, -0.25) is 15.6 Å². The fourth-order valence-corrected chi connectivity index (χ4v) is 3.73. The number of pyridine rings is 1. The second-order valence-electron chi connectivity index (χ2n) is 5.82. The summed E-state index contributed by atoms with van der Waals surface area (Å²) in [5.41, 5.74) is 3.82. The maximum Gasteiger partial charge on any atom is 0.256 e. The lowest BCUT2D eigenvalue weighted by molar-refractivity contribution is 0.0391. The van der Waals surface area contributed by atoms with Crippen LogP contribution in [0.5, 0.6) is 0 Å². The van der Waals surface area contributed by atoms with Crippen molar-refractivity contribution in [1.29, 1.82) is 0 Å². The van der Waals surface area contributed by atoms with Crippen LogP contribution in [0.25, 0.3) is 0 Å². The fourth-order valence-electron chi connectivity index (χ4n) is 3.73. The second-order valence-corrected chi connectivity index (χ2v) is 5.82. The molecule has 1 amide bonds. The topological polar surface area (TPSA) is 71.2 Å². The van der Waals surface area contributed by atoms with Gasteiger partial charge >= 0.3 is 0 Å². The average molecular weight is 274 g/mol. The Morgan fingerprint density at radius 1 is 1.30 bits per heavy atom. The summed E-state index contributed by atoms with van der Waals surface area (Å²) in [4.78, 5) is 18.9. The van der Waals surface area contributed by atoms with Crippen LogP contribution < -0.4 is 11.3 Å². The first-order valence-corrected chi connectivity index (χ1v) is 7.53. The van der Waals surface area contributed by atoms with Gasteiger partial charge in [0.1, 0.15) is 0 Å². The first-order valence-electron chi connectivity index (χ1n) is 7.53. The predicted octanol–water partition coefficient (Wildman–Crippen LogP) is 2.16. The maximum atomic E-state index is 12.8. The zero-order chi connectivity index (χ0) is 13.9. The molecule has 3 N–H and O–H groups in total. The van der Waals surface area contributed by atoms with Crippen LogP contribution in [0.4, 0.5) is 5.69 Å². The first-order chi connectivity index (χ1) is 9.81. The van der Waals surface area contributed by atoms with Crippen LogP contribution in [-0.2, 0) is 0 Å². The van der Waals surface area contributed by atoms with Crippen molar-refractivity contribution in [3.63, 3.8) is 0 Å². The van der Waals surface area contributed by atoms with E-state index in [-0.39, 0.29) is 5.91 Å². The van der Waals surface area contributed by atoms with E-state index in [2.05, 4.69) is 15.3 Å². The smallest absolute Gasteiger partial charge is 0.256 e. The Labute approximate surface area is 119 Å². The van der Waals surface area contributed by atoms with Gasteiger partial charge in [0, 0.05) is 18.8 Å². The molecule has 3 rings (SSSR count). The molecule has 2 fully saturated rings. The van der Waals surface area contributed by atoms with Gasteiger partial charge in [0.2, 0.25) is 0 Å². The van der Waals surface area contributed by atoms with E-state index >= 15 is 0 Å². The normalized spacial score (nSPS) is 25.9. The van der Waals surface area contributed by atoms with Crippen LogP contribution in [0.15, 0.2) is 18.5 Å². The lowest BCUT2D eigenvalue weighted by Crippen LogP contribution is -2.49. The molecule has 1 saturated carbocycles. The van der Waals surface area contributed by atoms with Gasteiger partial charge in [-0.05, 0) is 37.7 Å². The Morgan fingerprint density at radius 3 is 2.95 bits per heavy atom. The Kier molecular flexibility index (Phi) is 3.87. The Morgan fingerprint density at radius 2 is 2.10 bits per heavy atom. The number of likely N-dealkylation sites (tertiary alicyclic amines) is 1. The van der Waals surface area contributed by atoms with Crippen molar-refractivity contribution in [1.82, 2.24) is 9.88 Å². The third-order valence-electron chi connectivity index (χ3n) is 4.71. The van der Waals surface area contributed by atoms with E-state index in [0.29, 0.717) is 23.2 Å².